The van der Waals surface area contributed by atoms with Gasteiger partial charge in [0.2, 0.25) is 0 Å². The Morgan fingerprint density at radius 2 is 2.46 bits per heavy atom. The van der Waals surface area contributed by atoms with Gasteiger partial charge >= 0.3 is 0 Å². The normalized spacial score (nSPS) is 24.9. The fraction of sp³-hybridized carbons (Fsp3) is 0.765. The van der Waals surface area contributed by atoms with Crippen molar-refractivity contribution in [1.82, 2.24) is 20.1 Å². The van der Waals surface area contributed by atoms with Crippen molar-refractivity contribution in [3.8, 4) is 0 Å². The lowest BCUT2D eigenvalue weighted by atomic mass is 10.2. The number of guanidine groups is 1. The van der Waals surface area contributed by atoms with E-state index in [2.05, 4.69) is 39.5 Å². The van der Waals surface area contributed by atoms with Gasteiger partial charge < -0.3 is 15.0 Å². The fourth-order valence-corrected chi connectivity index (χ4v) is 4.06. The molecule has 6 nitrogen and oxygen atoms in total. The summed E-state index contributed by atoms with van der Waals surface area (Å²) >= 11 is 1.69. The molecule has 2 unspecified atom stereocenters. The maximum absolute atomic E-state index is 6.02. The highest BCUT2D eigenvalue weighted by Gasteiger charge is 2.32. The topological polar surface area (TPSA) is 53.0 Å². The molecule has 0 spiro atoms. The van der Waals surface area contributed by atoms with E-state index in [4.69, 9.17) is 9.73 Å². The van der Waals surface area contributed by atoms with E-state index >= 15 is 0 Å². The third-order valence-corrected chi connectivity index (χ3v) is 5.49. The summed E-state index contributed by atoms with van der Waals surface area (Å²) in [7, 11) is 2.06. The molecule has 1 aromatic rings. The zero-order chi connectivity index (χ0) is 16.9. The van der Waals surface area contributed by atoms with Crippen LogP contribution >= 0.6 is 11.3 Å². The molecule has 0 saturated carbocycles. The van der Waals surface area contributed by atoms with Crippen LogP contribution in [0.15, 0.2) is 10.4 Å². The van der Waals surface area contributed by atoms with Gasteiger partial charge in [-0.3, -0.25) is 9.89 Å². The number of hydrogen-bond donors (Lipinski definition) is 1. The van der Waals surface area contributed by atoms with Crippen LogP contribution in [0.25, 0.3) is 0 Å². The summed E-state index contributed by atoms with van der Waals surface area (Å²) in [5, 5.41) is 6.60. The highest BCUT2D eigenvalue weighted by molar-refractivity contribution is 7.09. The van der Waals surface area contributed by atoms with Crippen molar-refractivity contribution in [2.24, 2.45) is 4.99 Å². The molecule has 0 aliphatic carbocycles. The molecule has 2 saturated heterocycles. The maximum Gasteiger partial charge on any atom is 0.194 e. The number of aromatic nitrogens is 1. The number of aryl methyl sites for hydroxylation is 1. The summed E-state index contributed by atoms with van der Waals surface area (Å²) in [5.41, 5.74) is 1.10. The first-order valence-electron chi connectivity index (χ1n) is 8.91. The van der Waals surface area contributed by atoms with E-state index < -0.39 is 0 Å². The molecule has 24 heavy (non-hydrogen) atoms. The summed E-state index contributed by atoms with van der Waals surface area (Å²) in [5.74, 6) is 0.926. The highest BCUT2D eigenvalue weighted by atomic mass is 32.1. The number of fused-ring (bicyclic) bond motifs is 1. The predicted octanol–water partition coefficient (Wildman–Crippen LogP) is 1.71. The Morgan fingerprint density at radius 3 is 3.21 bits per heavy atom. The van der Waals surface area contributed by atoms with E-state index in [1.165, 1.54) is 19.4 Å². The van der Waals surface area contributed by atoms with Gasteiger partial charge in [0, 0.05) is 31.6 Å². The van der Waals surface area contributed by atoms with E-state index in [9.17, 15) is 0 Å². The summed E-state index contributed by atoms with van der Waals surface area (Å²) in [6.45, 7) is 9.59. The third-order valence-electron chi connectivity index (χ3n) is 4.67. The van der Waals surface area contributed by atoms with Gasteiger partial charge in [-0.15, -0.1) is 11.3 Å². The predicted molar refractivity (Wildman–Crippen MR) is 98.6 cm³/mol. The molecule has 0 bridgehead atoms. The molecule has 1 aromatic heterocycles. The lowest BCUT2D eigenvalue weighted by Crippen LogP contribution is -2.47. The molecule has 134 valence electrons. The fourth-order valence-electron chi connectivity index (χ4n) is 3.45. The first kappa shape index (κ1) is 17.6. The van der Waals surface area contributed by atoms with Crippen molar-refractivity contribution in [2.75, 3.05) is 39.8 Å². The minimum atomic E-state index is 0.211. The van der Waals surface area contributed by atoms with Crippen LogP contribution in [0.2, 0.25) is 0 Å². The van der Waals surface area contributed by atoms with Crippen LogP contribution in [0, 0.1) is 6.92 Å². The summed E-state index contributed by atoms with van der Waals surface area (Å²) in [6.07, 6.45) is 2.81. The van der Waals surface area contributed by atoms with Crippen LogP contribution in [0.3, 0.4) is 0 Å². The zero-order valence-corrected chi connectivity index (χ0v) is 15.8. The molecule has 2 aliphatic heterocycles. The van der Waals surface area contributed by atoms with Crippen molar-refractivity contribution >= 4 is 17.3 Å². The average molecular weight is 352 g/mol. The Morgan fingerprint density at radius 1 is 1.58 bits per heavy atom. The summed E-state index contributed by atoms with van der Waals surface area (Å²) in [4.78, 5) is 14.1. The van der Waals surface area contributed by atoms with Crippen molar-refractivity contribution < 1.29 is 4.74 Å². The van der Waals surface area contributed by atoms with Gasteiger partial charge in [0.1, 0.15) is 0 Å². The lowest BCUT2D eigenvalue weighted by Gasteiger charge is -2.34. The van der Waals surface area contributed by atoms with E-state index in [1.54, 1.807) is 11.3 Å². The van der Waals surface area contributed by atoms with E-state index in [1.807, 2.05) is 6.92 Å². The Hall–Kier alpha value is -1.18. The SMILES string of the molecule is CCNC(=NCC1CN2CCCC2CO1)N(C)Cc1csc(C)n1. The quantitative estimate of drug-likeness (QED) is 0.647. The third kappa shape index (κ3) is 4.46. The molecule has 1 N–H and O–H groups in total. The molecular formula is C17H29N5OS. The minimum absolute atomic E-state index is 0.211. The second-order valence-corrected chi connectivity index (χ2v) is 7.72. The maximum atomic E-state index is 6.02. The number of thiazole rings is 1. The van der Waals surface area contributed by atoms with Crippen LogP contribution in [-0.2, 0) is 11.3 Å². The Bertz CT molecular complexity index is 561. The minimum Gasteiger partial charge on any atom is -0.373 e. The van der Waals surface area contributed by atoms with Gasteiger partial charge in [-0.2, -0.15) is 0 Å². The molecule has 0 aromatic carbocycles. The number of hydrogen-bond acceptors (Lipinski definition) is 5. The van der Waals surface area contributed by atoms with Gasteiger partial charge in [-0.25, -0.2) is 4.98 Å². The molecule has 0 amide bonds. The van der Waals surface area contributed by atoms with Crippen LogP contribution in [0.1, 0.15) is 30.5 Å². The Labute approximate surface area is 148 Å². The second-order valence-electron chi connectivity index (χ2n) is 6.65. The number of nitrogens with one attached hydrogen (secondary N) is 1. The molecule has 7 heteroatoms. The van der Waals surface area contributed by atoms with Gasteiger partial charge in [-0.1, -0.05) is 0 Å². The van der Waals surface area contributed by atoms with Crippen molar-refractivity contribution in [3.63, 3.8) is 0 Å². The standard InChI is InChI=1S/C17H29N5OS/c1-4-18-17(21(3)9-14-12-24-13(2)20-14)19-8-16-10-22-7-5-6-15(22)11-23-16/h12,15-16H,4-11H2,1-3H3,(H,18,19). The van der Waals surface area contributed by atoms with Crippen molar-refractivity contribution in [3.05, 3.63) is 16.1 Å². The van der Waals surface area contributed by atoms with E-state index in [0.29, 0.717) is 12.6 Å². The van der Waals surface area contributed by atoms with Crippen LogP contribution in [0.5, 0.6) is 0 Å². The number of ether oxygens (including phenoxy) is 1. The van der Waals surface area contributed by atoms with Crippen molar-refractivity contribution in [2.45, 2.75) is 45.4 Å². The van der Waals surface area contributed by atoms with E-state index in [-0.39, 0.29) is 6.10 Å². The first-order valence-corrected chi connectivity index (χ1v) is 9.79. The smallest absolute Gasteiger partial charge is 0.194 e. The van der Waals surface area contributed by atoms with Crippen LogP contribution in [-0.4, -0.2) is 72.7 Å². The number of nitrogens with zero attached hydrogens (tertiary/aromatic N) is 4. The monoisotopic (exact) mass is 351 g/mol. The Balaban J connectivity index is 1.56. The average Bonchev–Trinajstić information content (AvgIpc) is 3.19. The van der Waals surface area contributed by atoms with Gasteiger partial charge in [0.25, 0.3) is 0 Å². The van der Waals surface area contributed by atoms with Crippen LogP contribution in [0.4, 0.5) is 0 Å². The molecule has 0 radical (unpaired) electrons. The van der Waals surface area contributed by atoms with E-state index in [0.717, 1.165) is 42.9 Å². The molecule has 3 heterocycles. The number of rotatable bonds is 5. The molecule has 2 fully saturated rings. The van der Waals surface area contributed by atoms with Crippen LogP contribution < -0.4 is 5.32 Å². The molecule has 2 aliphatic rings. The summed E-state index contributed by atoms with van der Waals surface area (Å²) < 4.78 is 6.02. The van der Waals surface area contributed by atoms with Gasteiger partial charge in [-0.05, 0) is 33.2 Å². The molecule has 2 atom stereocenters. The molecule has 3 rings (SSSR count). The van der Waals surface area contributed by atoms with Gasteiger partial charge in [0.15, 0.2) is 5.96 Å². The largest absolute Gasteiger partial charge is 0.373 e. The Kier molecular flexibility index (Phi) is 6.08. The van der Waals surface area contributed by atoms with Crippen molar-refractivity contribution in [1.29, 1.82) is 0 Å². The molecular weight excluding hydrogens is 322 g/mol. The lowest BCUT2D eigenvalue weighted by molar-refractivity contribution is -0.0432. The first-order chi connectivity index (χ1) is 11.7. The highest BCUT2D eigenvalue weighted by Crippen LogP contribution is 2.22. The number of aliphatic imine (C=N–C) groups is 1. The zero-order valence-electron chi connectivity index (χ0n) is 15.0. The number of morpholine rings is 1. The summed E-state index contributed by atoms with van der Waals surface area (Å²) in [6, 6.07) is 0.647. The van der Waals surface area contributed by atoms with Gasteiger partial charge in [0.05, 0.1) is 36.5 Å². The second kappa shape index (κ2) is 8.27.